The van der Waals surface area contributed by atoms with Crippen LogP contribution in [0, 0.1) is 19.8 Å². The molecule has 5 atom stereocenters. The van der Waals surface area contributed by atoms with Gasteiger partial charge in [-0.25, -0.2) is 14.7 Å². The molecule has 0 unspecified atom stereocenters. The molecule has 2 aliphatic heterocycles. The van der Waals surface area contributed by atoms with E-state index >= 15 is 0 Å². The van der Waals surface area contributed by atoms with E-state index in [2.05, 4.69) is 20.3 Å². The van der Waals surface area contributed by atoms with Crippen LogP contribution in [0.2, 0.25) is 0 Å². The standard InChI is InChI=1S/C41H49N7O7S2/c1-25-24-56-38(42-25)32-21-35(30-18-19-34(54-5)26(2)36(30)44-32)55-29-20-33-37(49)45-41(40(51)46-57(52,53)47(3)4)22-27(41)14-10-7-6-8-13-17-31(39(50)48(33)23-29)43-28-15-11-9-12-16-28/h9-12,14-16,18-19,21,24,27,29,31,33,43H,6-8,13,17,20,22-23H2,1-5H3,(H,45,49)(H,46,51)/b14-10-/t27-,29-,31+,33+,41-/m1/s1. The van der Waals surface area contributed by atoms with Crippen molar-refractivity contribution in [1.82, 2.24) is 29.2 Å². The van der Waals surface area contributed by atoms with E-state index in [1.54, 1.807) is 12.0 Å². The van der Waals surface area contributed by atoms with E-state index in [9.17, 15) is 22.8 Å². The largest absolute Gasteiger partial charge is 0.496 e. The van der Waals surface area contributed by atoms with Crippen molar-refractivity contribution in [2.24, 2.45) is 5.92 Å². The maximum absolute atomic E-state index is 14.8. The second kappa shape index (κ2) is 16.4. The lowest BCUT2D eigenvalue weighted by Crippen LogP contribution is -2.58. The highest BCUT2D eigenvalue weighted by atomic mass is 32.2. The Morgan fingerprint density at radius 1 is 1.05 bits per heavy atom. The van der Waals surface area contributed by atoms with Crippen molar-refractivity contribution in [2.45, 2.75) is 82.5 Å². The lowest BCUT2D eigenvalue weighted by atomic mass is 10.0. The summed E-state index contributed by atoms with van der Waals surface area (Å²) in [4.78, 5) is 54.3. The van der Waals surface area contributed by atoms with Crippen LogP contribution in [-0.4, -0.2) is 96.8 Å². The molecule has 3 N–H and O–H groups in total. The average Bonchev–Trinajstić information content (AvgIpc) is 3.45. The van der Waals surface area contributed by atoms with Crippen LogP contribution in [0.1, 0.15) is 56.2 Å². The van der Waals surface area contributed by atoms with Gasteiger partial charge in [-0.15, -0.1) is 11.3 Å². The number of para-hydroxylation sites is 1. The molecular formula is C41H49N7O7S2. The Kier molecular flexibility index (Phi) is 11.6. The lowest BCUT2D eigenvalue weighted by Gasteiger charge is -2.30. The Balaban J connectivity index is 1.26. The molecule has 7 rings (SSSR count). The van der Waals surface area contributed by atoms with Gasteiger partial charge in [0.25, 0.3) is 5.91 Å². The van der Waals surface area contributed by atoms with Crippen LogP contribution in [-0.2, 0) is 24.6 Å². The van der Waals surface area contributed by atoms with Crippen LogP contribution < -0.4 is 24.8 Å². The highest BCUT2D eigenvalue weighted by molar-refractivity contribution is 7.87. The number of amides is 3. The van der Waals surface area contributed by atoms with Gasteiger partial charge in [0.2, 0.25) is 11.8 Å². The third-order valence-electron chi connectivity index (χ3n) is 11.0. The number of carbonyl (C=O) groups excluding carboxylic acids is 3. The smallest absolute Gasteiger partial charge is 0.303 e. The fraction of sp³-hybridized carbons (Fsp3) is 0.439. The van der Waals surface area contributed by atoms with E-state index in [4.69, 9.17) is 14.5 Å². The van der Waals surface area contributed by atoms with E-state index in [1.807, 2.05) is 79.9 Å². The zero-order valence-electron chi connectivity index (χ0n) is 32.8. The molecule has 2 fully saturated rings. The Hall–Kier alpha value is -5.06. The highest BCUT2D eigenvalue weighted by Gasteiger charge is 2.61. The summed E-state index contributed by atoms with van der Waals surface area (Å²) in [6.45, 7) is 3.94. The number of nitrogens with zero attached hydrogens (tertiary/aromatic N) is 4. The van der Waals surface area contributed by atoms with Crippen LogP contribution in [0.5, 0.6) is 11.5 Å². The van der Waals surface area contributed by atoms with Gasteiger partial charge in [0, 0.05) is 60.2 Å². The number of hydrogen-bond donors (Lipinski definition) is 3. The molecule has 4 aromatic rings. The van der Waals surface area contributed by atoms with Gasteiger partial charge in [-0.3, -0.25) is 14.4 Å². The van der Waals surface area contributed by atoms with Crippen molar-refractivity contribution in [3.63, 3.8) is 0 Å². The van der Waals surface area contributed by atoms with Crippen molar-refractivity contribution in [3.05, 3.63) is 77.3 Å². The van der Waals surface area contributed by atoms with Gasteiger partial charge in [0.1, 0.15) is 45.9 Å². The van der Waals surface area contributed by atoms with Gasteiger partial charge in [0.05, 0.1) is 19.2 Å². The lowest BCUT2D eigenvalue weighted by molar-refractivity contribution is -0.140. The third kappa shape index (κ3) is 8.48. The Bertz CT molecular complexity index is 2300. The molecule has 2 aromatic heterocycles. The number of hydrogen-bond acceptors (Lipinski definition) is 11. The topological polar surface area (TPSA) is 172 Å². The molecule has 3 aliphatic rings. The summed E-state index contributed by atoms with van der Waals surface area (Å²) in [5.41, 5.74) is 2.26. The molecule has 16 heteroatoms. The summed E-state index contributed by atoms with van der Waals surface area (Å²) in [5, 5.41) is 9.77. The number of nitrogens with one attached hydrogen (secondary N) is 3. The molecular weight excluding hydrogens is 767 g/mol. The minimum absolute atomic E-state index is 0.0894. The number of anilines is 1. The zero-order valence-corrected chi connectivity index (χ0v) is 34.4. The number of thiazole rings is 1. The van der Waals surface area contributed by atoms with Crippen molar-refractivity contribution in [2.75, 3.05) is 33.1 Å². The summed E-state index contributed by atoms with van der Waals surface area (Å²) in [7, 11) is 0.0975. The number of aryl methyl sites for hydroxylation is 2. The number of aromatic nitrogens is 2. The Morgan fingerprint density at radius 3 is 2.56 bits per heavy atom. The van der Waals surface area contributed by atoms with Gasteiger partial charge in [0.15, 0.2) is 0 Å². The molecule has 0 spiro atoms. The Morgan fingerprint density at radius 2 is 1.84 bits per heavy atom. The van der Waals surface area contributed by atoms with Crippen LogP contribution in [0.4, 0.5) is 5.69 Å². The predicted octanol–water partition coefficient (Wildman–Crippen LogP) is 5.13. The molecule has 2 aromatic carbocycles. The summed E-state index contributed by atoms with van der Waals surface area (Å²) >= 11 is 1.47. The molecule has 4 heterocycles. The number of pyridine rings is 1. The van der Waals surface area contributed by atoms with Gasteiger partial charge in [-0.1, -0.05) is 43.2 Å². The first kappa shape index (κ1) is 40.1. The summed E-state index contributed by atoms with van der Waals surface area (Å²) in [5.74, 6) is -0.886. The average molecular weight is 816 g/mol. The van der Waals surface area contributed by atoms with E-state index in [0.29, 0.717) is 29.1 Å². The first-order chi connectivity index (χ1) is 27.3. The van der Waals surface area contributed by atoms with Crippen LogP contribution >= 0.6 is 11.3 Å². The molecule has 14 nitrogen and oxygen atoms in total. The van der Waals surface area contributed by atoms with E-state index in [1.165, 1.54) is 25.4 Å². The number of allylic oxidation sites excluding steroid dienone is 1. The molecule has 1 aliphatic carbocycles. The molecule has 1 saturated heterocycles. The van der Waals surface area contributed by atoms with Crippen molar-refractivity contribution < 1.29 is 32.3 Å². The number of carbonyl (C=O) groups is 3. The maximum atomic E-state index is 14.8. The highest BCUT2D eigenvalue weighted by Crippen LogP contribution is 2.46. The quantitative estimate of drug-likeness (QED) is 0.193. The van der Waals surface area contributed by atoms with Crippen molar-refractivity contribution in [3.8, 4) is 22.2 Å². The van der Waals surface area contributed by atoms with Crippen molar-refractivity contribution in [1.29, 1.82) is 0 Å². The van der Waals surface area contributed by atoms with E-state index in [0.717, 1.165) is 57.3 Å². The second-order valence-corrected chi connectivity index (χ2v) is 17.9. The predicted molar refractivity (Wildman–Crippen MR) is 219 cm³/mol. The monoisotopic (exact) mass is 815 g/mol. The molecule has 3 amide bonds. The normalized spacial score (nSPS) is 24.8. The summed E-state index contributed by atoms with van der Waals surface area (Å²) < 4.78 is 41.1. The van der Waals surface area contributed by atoms with Crippen LogP contribution in [0.3, 0.4) is 0 Å². The molecule has 0 bridgehead atoms. The van der Waals surface area contributed by atoms with Gasteiger partial charge < -0.3 is 25.0 Å². The van der Waals surface area contributed by atoms with E-state index in [-0.39, 0.29) is 25.3 Å². The molecule has 302 valence electrons. The minimum atomic E-state index is -4.15. The molecule has 1 saturated carbocycles. The maximum Gasteiger partial charge on any atom is 0.303 e. The van der Waals surface area contributed by atoms with Crippen LogP contribution in [0.25, 0.3) is 21.6 Å². The van der Waals surface area contributed by atoms with Gasteiger partial charge >= 0.3 is 10.2 Å². The minimum Gasteiger partial charge on any atom is -0.496 e. The zero-order chi connectivity index (χ0) is 40.5. The van der Waals surface area contributed by atoms with Gasteiger partial charge in [-0.05, 0) is 63.8 Å². The van der Waals surface area contributed by atoms with E-state index < -0.39 is 51.7 Å². The fourth-order valence-electron chi connectivity index (χ4n) is 7.66. The summed E-state index contributed by atoms with van der Waals surface area (Å²) in [6, 6.07) is 13.4. The number of benzene rings is 2. The van der Waals surface area contributed by atoms with Gasteiger partial charge in [-0.2, -0.15) is 12.7 Å². The number of methoxy groups -OCH3 is 1. The first-order valence-electron chi connectivity index (χ1n) is 19.2. The number of fused-ring (bicyclic) bond motifs is 3. The first-order valence-corrected chi connectivity index (χ1v) is 21.5. The van der Waals surface area contributed by atoms with Crippen LogP contribution in [0.15, 0.2) is 66.1 Å². The fourth-order valence-corrected chi connectivity index (χ4v) is 9.01. The number of rotatable bonds is 9. The number of ether oxygens (including phenoxy) is 2. The SMILES string of the molecule is COc1ccc2c(O[C@@H]3C[C@H]4C(=O)N[C@]5(C(=O)NS(=O)(=O)N(C)C)C[C@H]5/C=C\CCCCC[C@H](Nc5ccccc5)C(=O)N4C3)cc(-c3nc(C)cs3)nc2c1C. The van der Waals surface area contributed by atoms with Crippen molar-refractivity contribution >= 4 is 55.9 Å². The Labute approximate surface area is 337 Å². The third-order valence-corrected chi connectivity index (χ3v) is 13.3. The molecule has 57 heavy (non-hydrogen) atoms. The summed E-state index contributed by atoms with van der Waals surface area (Å²) in [6.07, 6.45) is 7.38. The second-order valence-electron chi connectivity index (χ2n) is 15.2. The molecule has 0 radical (unpaired) electrons.